The Kier molecular flexibility index (Phi) is 2.53. The number of hydrogen-bond acceptors (Lipinski definition) is 2. The summed E-state index contributed by atoms with van der Waals surface area (Å²) < 4.78 is 8.04. The van der Waals surface area contributed by atoms with Crippen molar-refractivity contribution < 1.29 is 4.74 Å². The van der Waals surface area contributed by atoms with Crippen LogP contribution in [0.2, 0.25) is 0 Å². The minimum atomic E-state index is 0.157. The molecule has 1 spiro atoms. The average Bonchev–Trinajstić information content (AvgIpc) is 2.03. The standard InChI is InChI=1S/C9H16INO/c1-8(2)11-5-3-9(11)4-6-12-7-10-9/h7-8H,3-6H2,1-2H3/t9-/m0/s1. The van der Waals surface area contributed by atoms with Crippen molar-refractivity contribution >= 4 is 24.9 Å². The Morgan fingerprint density at radius 3 is 2.75 bits per heavy atom. The van der Waals surface area contributed by atoms with E-state index in [2.05, 4.69) is 22.9 Å². The van der Waals surface area contributed by atoms with E-state index in [4.69, 9.17) is 4.74 Å². The topological polar surface area (TPSA) is 12.5 Å². The third kappa shape index (κ3) is 1.36. The fraction of sp³-hybridized carbons (Fsp3) is 0.889. The van der Waals surface area contributed by atoms with Crippen LogP contribution in [0.15, 0.2) is 0 Å². The molecule has 2 heterocycles. The normalized spacial score (nSPS) is 36.6. The summed E-state index contributed by atoms with van der Waals surface area (Å²) in [7, 11) is 0. The van der Waals surface area contributed by atoms with Crippen molar-refractivity contribution in [1.29, 1.82) is 0 Å². The smallest absolute Gasteiger partial charge is 0.0736 e. The highest BCUT2D eigenvalue weighted by Crippen LogP contribution is 2.46. The number of halogens is 1. The Hall–Kier alpha value is 0.520. The van der Waals surface area contributed by atoms with Gasteiger partial charge in [0.15, 0.2) is 0 Å². The molecule has 3 heteroatoms. The van der Waals surface area contributed by atoms with E-state index in [1.165, 1.54) is 19.4 Å². The van der Waals surface area contributed by atoms with E-state index in [-0.39, 0.29) is 20.7 Å². The van der Waals surface area contributed by atoms with Gasteiger partial charge in [0.1, 0.15) is 0 Å². The third-order valence-corrected chi connectivity index (χ3v) is 6.26. The van der Waals surface area contributed by atoms with Crippen molar-refractivity contribution in [1.82, 2.24) is 4.90 Å². The highest BCUT2D eigenvalue weighted by molar-refractivity contribution is 14.2. The van der Waals surface area contributed by atoms with E-state index in [0.717, 1.165) is 12.6 Å². The molecule has 1 fully saturated rings. The lowest BCUT2D eigenvalue weighted by Crippen LogP contribution is -2.60. The van der Waals surface area contributed by atoms with Gasteiger partial charge < -0.3 is 4.74 Å². The molecular weight excluding hydrogens is 265 g/mol. The van der Waals surface area contributed by atoms with Crippen LogP contribution in [-0.4, -0.2) is 31.8 Å². The zero-order valence-electron chi connectivity index (χ0n) is 7.72. The van der Waals surface area contributed by atoms with Crippen LogP contribution >= 0.6 is 20.7 Å². The molecule has 0 N–H and O–H groups in total. The van der Waals surface area contributed by atoms with Crippen LogP contribution in [-0.2, 0) is 4.74 Å². The first kappa shape index (κ1) is 9.09. The van der Waals surface area contributed by atoms with E-state index in [9.17, 15) is 0 Å². The van der Waals surface area contributed by atoms with E-state index >= 15 is 0 Å². The van der Waals surface area contributed by atoms with Gasteiger partial charge in [-0.1, -0.05) is 20.7 Å². The van der Waals surface area contributed by atoms with Crippen molar-refractivity contribution in [3.8, 4) is 0 Å². The summed E-state index contributed by atoms with van der Waals surface area (Å²) in [6, 6.07) is 0.727. The van der Waals surface area contributed by atoms with Gasteiger partial charge in [-0.2, -0.15) is 0 Å². The molecule has 70 valence electrons. The number of ether oxygens (including phenoxy) is 1. The quantitative estimate of drug-likeness (QED) is 0.414. The van der Waals surface area contributed by atoms with Gasteiger partial charge in [0.25, 0.3) is 0 Å². The molecule has 1 atom stereocenters. The Balaban J connectivity index is 2.10. The van der Waals surface area contributed by atoms with E-state index in [1.807, 2.05) is 0 Å². The maximum atomic E-state index is 5.33. The molecule has 0 aliphatic carbocycles. The van der Waals surface area contributed by atoms with Gasteiger partial charge in [0.05, 0.1) is 14.4 Å². The molecule has 2 rings (SSSR count). The molecule has 0 aromatic heterocycles. The van der Waals surface area contributed by atoms with Crippen molar-refractivity contribution in [3.05, 3.63) is 0 Å². The van der Waals surface area contributed by atoms with Crippen molar-refractivity contribution in [2.24, 2.45) is 0 Å². The predicted octanol–water partition coefficient (Wildman–Crippen LogP) is 1.95. The minimum Gasteiger partial charge on any atom is -0.348 e. The zero-order chi connectivity index (χ0) is 8.60. The number of nitrogens with zero attached hydrogens (tertiary/aromatic N) is 1. The molecule has 0 aromatic carbocycles. The highest BCUT2D eigenvalue weighted by atomic mass is 127. The second-order valence-corrected chi connectivity index (χ2v) is 6.91. The van der Waals surface area contributed by atoms with Crippen molar-refractivity contribution in [2.45, 2.75) is 36.3 Å². The summed E-state index contributed by atoms with van der Waals surface area (Å²) in [4.78, 5) is 2.67. The molecule has 0 amide bonds. The van der Waals surface area contributed by atoms with Crippen LogP contribution in [0, 0.1) is 0 Å². The van der Waals surface area contributed by atoms with Crippen LogP contribution in [0.4, 0.5) is 0 Å². The van der Waals surface area contributed by atoms with Gasteiger partial charge >= 0.3 is 0 Å². The summed E-state index contributed by atoms with van der Waals surface area (Å²) in [6.07, 6.45) is 2.69. The predicted molar refractivity (Wildman–Crippen MR) is 59.8 cm³/mol. The van der Waals surface area contributed by atoms with Crippen LogP contribution < -0.4 is 0 Å². The molecule has 0 radical (unpaired) electrons. The molecular formula is C9H16INO. The molecule has 2 nitrogen and oxygen atoms in total. The Bertz CT molecular complexity index is 205. The van der Waals surface area contributed by atoms with Gasteiger partial charge in [-0.05, 0) is 26.7 Å². The summed E-state index contributed by atoms with van der Waals surface area (Å²) in [5, 5.41) is 0. The minimum absolute atomic E-state index is 0.157. The Morgan fingerprint density at radius 1 is 1.50 bits per heavy atom. The lowest BCUT2D eigenvalue weighted by atomic mass is 9.98. The third-order valence-electron chi connectivity index (χ3n) is 2.79. The van der Waals surface area contributed by atoms with E-state index < -0.39 is 0 Å². The van der Waals surface area contributed by atoms with Crippen LogP contribution in [0.3, 0.4) is 0 Å². The fourth-order valence-electron chi connectivity index (χ4n) is 2.02. The van der Waals surface area contributed by atoms with E-state index in [1.54, 1.807) is 0 Å². The summed E-state index contributed by atoms with van der Waals surface area (Å²) in [6.45, 7) is 6.87. The molecule has 0 bridgehead atoms. The lowest BCUT2D eigenvalue weighted by molar-refractivity contribution is 0.0266. The highest BCUT2D eigenvalue weighted by Gasteiger charge is 2.45. The van der Waals surface area contributed by atoms with Gasteiger partial charge in [0.2, 0.25) is 0 Å². The number of hydrogen-bond donors (Lipinski definition) is 0. The maximum absolute atomic E-state index is 5.33. The van der Waals surface area contributed by atoms with Crippen LogP contribution in [0.25, 0.3) is 0 Å². The molecule has 0 unspecified atom stereocenters. The van der Waals surface area contributed by atoms with Gasteiger partial charge in [0, 0.05) is 12.6 Å². The Labute approximate surface area is 84.0 Å². The first-order valence-electron chi connectivity index (χ1n) is 4.59. The summed E-state index contributed by atoms with van der Waals surface area (Å²) >= 11 is 0.157. The van der Waals surface area contributed by atoms with Crippen molar-refractivity contribution in [3.63, 3.8) is 0 Å². The van der Waals surface area contributed by atoms with E-state index in [0.29, 0.717) is 3.55 Å². The SMILES string of the molecule is CC(C)N1CC[C@@]12CCOC=I2. The molecule has 2 aliphatic heterocycles. The summed E-state index contributed by atoms with van der Waals surface area (Å²) in [5.74, 6) is 0. The summed E-state index contributed by atoms with van der Waals surface area (Å²) in [5.41, 5.74) is 0. The molecule has 1 saturated heterocycles. The van der Waals surface area contributed by atoms with Gasteiger partial charge in [-0.25, -0.2) is 0 Å². The number of rotatable bonds is 1. The lowest BCUT2D eigenvalue weighted by Gasteiger charge is -2.53. The fourth-order valence-corrected chi connectivity index (χ4v) is 5.17. The largest absolute Gasteiger partial charge is 0.348 e. The Morgan fingerprint density at radius 2 is 2.33 bits per heavy atom. The second kappa shape index (κ2) is 3.35. The molecule has 0 saturated carbocycles. The molecule has 0 aromatic rings. The van der Waals surface area contributed by atoms with Crippen molar-refractivity contribution in [2.75, 3.05) is 13.2 Å². The average molecular weight is 281 g/mol. The number of alkyl halides is 1. The second-order valence-electron chi connectivity index (χ2n) is 3.77. The van der Waals surface area contributed by atoms with Gasteiger partial charge in [-0.15, -0.1) is 0 Å². The van der Waals surface area contributed by atoms with Crippen LogP contribution in [0.5, 0.6) is 0 Å². The first-order chi connectivity index (χ1) is 5.75. The first-order valence-corrected chi connectivity index (χ1v) is 6.92. The van der Waals surface area contributed by atoms with Crippen LogP contribution in [0.1, 0.15) is 26.7 Å². The molecule has 2 aliphatic rings. The zero-order valence-corrected chi connectivity index (χ0v) is 9.87. The maximum Gasteiger partial charge on any atom is 0.0736 e. The molecule has 12 heavy (non-hydrogen) atoms. The van der Waals surface area contributed by atoms with Gasteiger partial charge in [-0.3, -0.25) is 4.90 Å². The monoisotopic (exact) mass is 281 g/mol. The number of likely N-dealkylation sites (tertiary alicyclic amines) is 1.